The van der Waals surface area contributed by atoms with Gasteiger partial charge < -0.3 is 13.6 Å². The van der Waals surface area contributed by atoms with Crippen molar-refractivity contribution in [1.82, 2.24) is 13.7 Å². The molecule has 0 N–H and O–H groups in total. The van der Waals surface area contributed by atoms with Crippen molar-refractivity contribution in [2.45, 2.75) is 0 Å². The molecule has 12 aromatic rings. The Balaban J connectivity index is 1.23. The van der Waals surface area contributed by atoms with Crippen LogP contribution in [-0.2, 0) is 0 Å². The lowest BCUT2D eigenvalue weighted by Gasteiger charge is -2.15. The number of hydrogen-bond donors (Lipinski definition) is 0. The Morgan fingerprint density at radius 3 is 1.50 bits per heavy atom. The molecule has 5 heteroatoms. The summed E-state index contributed by atoms with van der Waals surface area (Å²) in [6, 6.07) is 61.0. The third-order valence-corrected chi connectivity index (χ3v) is 11.2. The molecule has 0 aliphatic rings. The fourth-order valence-electron chi connectivity index (χ4n) is 8.87. The van der Waals surface area contributed by atoms with Crippen LogP contribution in [0, 0.1) is 0 Å². The predicted molar refractivity (Wildman–Crippen MR) is 223 cm³/mol. The molecule has 252 valence electrons. The average molecular weight is 692 g/mol. The number of fused-ring (bicyclic) bond motifs is 12. The van der Waals surface area contributed by atoms with E-state index in [0.717, 1.165) is 93.5 Å². The average Bonchev–Trinajstić information content (AvgIpc) is 3.87. The fraction of sp³-hybridized carbons (Fsp3) is 0. The number of aromatic nitrogens is 3. The molecular formula is C49H29N3O2. The molecule has 12 rings (SSSR count). The molecule has 0 aliphatic heterocycles. The minimum Gasteiger partial charge on any atom is -0.456 e. The lowest BCUT2D eigenvalue weighted by atomic mass is 10.0. The Hall–Kier alpha value is -7.37. The first-order valence-corrected chi connectivity index (χ1v) is 18.2. The van der Waals surface area contributed by atoms with E-state index in [1.807, 2.05) is 59.2 Å². The summed E-state index contributed by atoms with van der Waals surface area (Å²) in [5, 5.41) is 9.33. The predicted octanol–water partition coefficient (Wildman–Crippen LogP) is 12.2. The summed E-state index contributed by atoms with van der Waals surface area (Å²) in [4.78, 5) is 15.1. The van der Waals surface area contributed by atoms with E-state index in [1.54, 1.807) is 0 Å². The van der Waals surface area contributed by atoms with Gasteiger partial charge in [0.2, 0.25) is 0 Å². The van der Waals surface area contributed by atoms with E-state index < -0.39 is 0 Å². The molecule has 0 radical (unpaired) electrons. The molecule has 0 aliphatic carbocycles. The molecule has 0 amide bonds. The number of pyridine rings is 1. The zero-order chi connectivity index (χ0) is 35.5. The Kier molecular flexibility index (Phi) is 5.86. The molecule has 4 aromatic heterocycles. The molecule has 0 saturated carbocycles. The Morgan fingerprint density at radius 1 is 0.296 bits per heavy atom. The van der Waals surface area contributed by atoms with Crippen molar-refractivity contribution >= 4 is 87.2 Å². The van der Waals surface area contributed by atoms with Crippen molar-refractivity contribution in [2.24, 2.45) is 0 Å². The maximum atomic E-state index is 15.1. The third kappa shape index (κ3) is 3.95. The SMILES string of the molecule is O=c1c2cc3c(cc2c2cc4c5ccccc5n(-c5ccccc5)c4cc2n1-c1ccccc1)c1ccccc1n3-c1ccc2c(c1)oc1ccccc12. The van der Waals surface area contributed by atoms with Gasteiger partial charge in [-0.15, -0.1) is 0 Å². The first-order valence-electron chi connectivity index (χ1n) is 18.2. The Labute approximate surface area is 307 Å². The summed E-state index contributed by atoms with van der Waals surface area (Å²) in [5.74, 6) is 0. The van der Waals surface area contributed by atoms with Crippen LogP contribution in [0.15, 0.2) is 185 Å². The van der Waals surface area contributed by atoms with Crippen LogP contribution in [-0.4, -0.2) is 13.7 Å². The van der Waals surface area contributed by atoms with Crippen molar-refractivity contribution < 1.29 is 4.42 Å². The van der Waals surface area contributed by atoms with Gasteiger partial charge in [0.15, 0.2) is 0 Å². The molecule has 0 bridgehead atoms. The highest BCUT2D eigenvalue weighted by Crippen LogP contribution is 2.41. The van der Waals surface area contributed by atoms with Crippen LogP contribution in [0.2, 0.25) is 0 Å². The van der Waals surface area contributed by atoms with Gasteiger partial charge in [-0.3, -0.25) is 9.36 Å². The summed E-state index contributed by atoms with van der Waals surface area (Å²) < 4.78 is 12.8. The van der Waals surface area contributed by atoms with E-state index in [0.29, 0.717) is 5.39 Å². The second kappa shape index (κ2) is 10.8. The molecule has 54 heavy (non-hydrogen) atoms. The van der Waals surface area contributed by atoms with Gasteiger partial charge in [-0.1, -0.05) is 91.0 Å². The van der Waals surface area contributed by atoms with Crippen molar-refractivity contribution in [3.05, 3.63) is 186 Å². The van der Waals surface area contributed by atoms with Crippen LogP contribution in [0.5, 0.6) is 0 Å². The van der Waals surface area contributed by atoms with Crippen LogP contribution in [0.3, 0.4) is 0 Å². The zero-order valence-electron chi connectivity index (χ0n) is 28.9. The van der Waals surface area contributed by atoms with Crippen LogP contribution in [0.4, 0.5) is 0 Å². The standard InChI is InChI=1S/C49H29N3O2/c53-49-41-28-44-38(33-17-8-11-21-43(33)51(44)32-23-24-36-35-19-9-12-22-47(35)54-48(36)25-32)26-37(41)40-27-39-34-18-7-10-20-42(34)50(30-13-3-1-4-14-30)45(39)29-46(40)52(49)31-15-5-2-6-16-31/h1-29H. The van der Waals surface area contributed by atoms with Gasteiger partial charge in [-0.05, 0) is 84.2 Å². The van der Waals surface area contributed by atoms with Gasteiger partial charge >= 0.3 is 0 Å². The molecule has 5 nitrogen and oxygen atoms in total. The Bertz CT molecular complexity index is 3570. The maximum absolute atomic E-state index is 15.1. The van der Waals surface area contributed by atoms with E-state index in [1.165, 1.54) is 5.39 Å². The van der Waals surface area contributed by atoms with Crippen LogP contribution < -0.4 is 5.56 Å². The van der Waals surface area contributed by atoms with Crippen molar-refractivity contribution in [3.63, 3.8) is 0 Å². The van der Waals surface area contributed by atoms with E-state index in [2.05, 4.69) is 130 Å². The number of rotatable bonds is 3. The molecule has 0 fully saturated rings. The molecule has 0 spiro atoms. The van der Waals surface area contributed by atoms with Gasteiger partial charge in [0.1, 0.15) is 11.2 Å². The highest BCUT2D eigenvalue weighted by atomic mass is 16.3. The van der Waals surface area contributed by atoms with E-state index in [-0.39, 0.29) is 5.56 Å². The molecule has 0 atom stereocenters. The largest absolute Gasteiger partial charge is 0.456 e. The number of hydrogen-bond acceptors (Lipinski definition) is 2. The van der Waals surface area contributed by atoms with Crippen molar-refractivity contribution in [1.29, 1.82) is 0 Å². The summed E-state index contributed by atoms with van der Waals surface area (Å²) in [7, 11) is 0. The third-order valence-electron chi connectivity index (χ3n) is 11.2. The molecule has 4 heterocycles. The minimum absolute atomic E-state index is 0.0585. The molecule has 0 unspecified atom stereocenters. The smallest absolute Gasteiger partial charge is 0.263 e. The van der Waals surface area contributed by atoms with Gasteiger partial charge in [0, 0.05) is 60.8 Å². The molecule has 0 saturated heterocycles. The number of furan rings is 1. The minimum atomic E-state index is -0.0585. The van der Waals surface area contributed by atoms with Crippen molar-refractivity contribution in [3.8, 4) is 17.1 Å². The van der Waals surface area contributed by atoms with E-state index in [4.69, 9.17) is 4.42 Å². The monoisotopic (exact) mass is 691 g/mol. The quantitative estimate of drug-likeness (QED) is 0.173. The second-order valence-electron chi connectivity index (χ2n) is 14.1. The van der Waals surface area contributed by atoms with Gasteiger partial charge in [-0.2, -0.15) is 0 Å². The zero-order valence-corrected chi connectivity index (χ0v) is 28.9. The molecule has 8 aromatic carbocycles. The van der Waals surface area contributed by atoms with Crippen LogP contribution in [0.1, 0.15) is 0 Å². The van der Waals surface area contributed by atoms with Crippen LogP contribution in [0.25, 0.3) is 104 Å². The first kappa shape index (κ1) is 29.2. The summed E-state index contributed by atoms with van der Waals surface area (Å²) in [5.41, 5.74) is 9.60. The van der Waals surface area contributed by atoms with Gasteiger partial charge in [0.25, 0.3) is 5.56 Å². The van der Waals surface area contributed by atoms with E-state index >= 15 is 4.79 Å². The number of para-hydroxylation sites is 5. The first-order chi connectivity index (χ1) is 26.7. The molecular weight excluding hydrogens is 663 g/mol. The number of nitrogens with zero attached hydrogens (tertiary/aromatic N) is 3. The van der Waals surface area contributed by atoms with Gasteiger partial charge in [-0.25, -0.2) is 0 Å². The summed E-state index contributed by atoms with van der Waals surface area (Å²) >= 11 is 0. The number of benzene rings is 8. The highest BCUT2D eigenvalue weighted by molar-refractivity contribution is 6.22. The second-order valence-corrected chi connectivity index (χ2v) is 14.1. The van der Waals surface area contributed by atoms with Crippen LogP contribution >= 0.6 is 0 Å². The Morgan fingerprint density at radius 2 is 0.796 bits per heavy atom. The fourth-order valence-corrected chi connectivity index (χ4v) is 8.87. The lowest BCUT2D eigenvalue weighted by molar-refractivity contribution is 0.668. The summed E-state index contributed by atoms with van der Waals surface area (Å²) in [6.07, 6.45) is 0. The summed E-state index contributed by atoms with van der Waals surface area (Å²) in [6.45, 7) is 0. The van der Waals surface area contributed by atoms with E-state index in [9.17, 15) is 0 Å². The van der Waals surface area contributed by atoms with Gasteiger partial charge in [0.05, 0.1) is 33.0 Å². The lowest BCUT2D eigenvalue weighted by Crippen LogP contribution is -2.19. The highest BCUT2D eigenvalue weighted by Gasteiger charge is 2.21. The normalized spacial score (nSPS) is 12.1. The topological polar surface area (TPSA) is 45.0 Å². The maximum Gasteiger partial charge on any atom is 0.263 e. The van der Waals surface area contributed by atoms with Crippen molar-refractivity contribution in [2.75, 3.05) is 0 Å².